The van der Waals surface area contributed by atoms with E-state index in [2.05, 4.69) is 0 Å². The fraction of sp³-hybridized carbons (Fsp3) is 0.250. The van der Waals surface area contributed by atoms with Crippen molar-refractivity contribution in [1.82, 2.24) is 0 Å². The zero-order valence-electron chi connectivity index (χ0n) is 11.9. The average molecular weight is 353 g/mol. The molecule has 5 N–H and O–H groups in total. The second kappa shape index (κ2) is 4.99. The molecule has 7 heteroatoms. The first-order valence-electron chi connectivity index (χ1n) is 6.85. The van der Waals surface area contributed by atoms with E-state index < -0.39 is 11.5 Å². The van der Waals surface area contributed by atoms with Crippen molar-refractivity contribution in [2.75, 3.05) is 6.61 Å². The summed E-state index contributed by atoms with van der Waals surface area (Å²) < 4.78 is 5.46. The molecule has 0 amide bonds. The van der Waals surface area contributed by atoms with Gasteiger partial charge in [-0.1, -0.05) is 6.07 Å². The number of ether oxygens (including phenoxy) is 1. The standard InChI is InChI=1S/C16H14O6.V/c17-10-2-1-8-13-9-4-12(19)11(18)3-7(9)5-16(13,21)6-22-15(8)14(10)20;/h1-4,13,17-21H,5-6H2;/t13-,16+;/m1./s1. The molecule has 4 rings (SSSR count). The molecule has 1 heterocycles. The molecular formula is C16H14O6V. The van der Waals surface area contributed by atoms with Crippen LogP contribution in [0.4, 0.5) is 0 Å². The molecule has 119 valence electrons. The van der Waals surface area contributed by atoms with Crippen LogP contribution in [0.2, 0.25) is 0 Å². The van der Waals surface area contributed by atoms with Gasteiger partial charge >= 0.3 is 0 Å². The Labute approximate surface area is 143 Å². The zero-order chi connectivity index (χ0) is 15.6. The predicted molar refractivity (Wildman–Crippen MR) is 75.5 cm³/mol. The summed E-state index contributed by atoms with van der Waals surface area (Å²) >= 11 is 0. The van der Waals surface area contributed by atoms with Crippen LogP contribution in [0.1, 0.15) is 22.6 Å². The summed E-state index contributed by atoms with van der Waals surface area (Å²) in [4.78, 5) is 0. The molecule has 0 saturated carbocycles. The normalized spacial score (nSPS) is 24.0. The summed E-state index contributed by atoms with van der Waals surface area (Å²) in [6.07, 6.45) is 0.266. The summed E-state index contributed by atoms with van der Waals surface area (Å²) in [7, 11) is 0. The van der Waals surface area contributed by atoms with Crippen molar-refractivity contribution in [3.8, 4) is 28.7 Å². The monoisotopic (exact) mass is 353 g/mol. The first-order chi connectivity index (χ1) is 10.4. The minimum absolute atomic E-state index is 0. The maximum absolute atomic E-state index is 10.9. The van der Waals surface area contributed by atoms with Crippen molar-refractivity contribution in [1.29, 1.82) is 0 Å². The first kappa shape index (κ1) is 15.9. The van der Waals surface area contributed by atoms with Crippen LogP contribution in [0, 0.1) is 0 Å². The van der Waals surface area contributed by atoms with E-state index in [9.17, 15) is 25.5 Å². The Morgan fingerprint density at radius 2 is 1.65 bits per heavy atom. The van der Waals surface area contributed by atoms with Gasteiger partial charge in [-0.3, -0.25) is 0 Å². The summed E-state index contributed by atoms with van der Waals surface area (Å²) in [5.74, 6) is -1.54. The molecule has 2 atom stereocenters. The van der Waals surface area contributed by atoms with Gasteiger partial charge in [0.25, 0.3) is 0 Å². The Morgan fingerprint density at radius 3 is 2.39 bits per heavy atom. The molecule has 0 bridgehead atoms. The number of aromatic hydroxyl groups is 4. The fourth-order valence-corrected chi connectivity index (χ4v) is 3.52. The van der Waals surface area contributed by atoms with E-state index in [0.29, 0.717) is 16.7 Å². The van der Waals surface area contributed by atoms with E-state index in [1.165, 1.54) is 18.2 Å². The molecule has 2 aromatic rings. The van der Waals surface area contributed by atoms with Gasteiger partial charge in [0.1, 0.15) is 12.2 Å². The Kier molecular flexibility index (Phi) is 3.44. The SMILES string of the molecule is Oc1cc2c(cc1O)[C@H]1c3ccc(O)c(O)c3OC[C@@]1(O)C2.[V]. The van der Waals surface area contributed by atoms with Crippen LogP contribution in [-0.4, -0.2) is 37.7 Å². The Hall–Kier alpha value is -2.02. The molecule has 1 aliphatic carbocycles. The van der Waals surface area contributed by atoms with Crippen molar-refractivity contribution in [3.63, 3.8) is 0 Å². The zero-order valence-corrected chi connectivity index (χ0v) is 13.3. The van der Waals surface area contributed by atoms with E-state index in [1.54, 1.807) is 6.07 Å². The van der Waals surface area contributed by atoms with Gasteiger partial charge in [-0.05, 0) is 29.3 Å². The molecule has 0 spiro atoms. The van der Waals surface area contributed by atoms with Crippen molar-refractivity contribution < 1.29 is 48.8 Å². The van der Waals surface area contributed by atoms with Crippen LogP contribution in [-0.2, 0) is 25.0 Å². The van der Waals surface area contributed by atoms with Crippen LogP contribution in [0.25, 0.3) is 0 Å². The number of phenolic OH excluding ortho intramolecular Hbond substituents is 4. The second-order valence-corrected chi connectivity index (χ2v) is 5.89. The molecule has 23 heavy (non-hydrogen) atoms. The summed E-state index contributed by atoms with van der Waals surface area (Å²) in [6.45, 7) is -0.0577. The van der Waals surface area contributed by atoms with Gasteiger partial charge in [0, 0.05) is 36.5 Å². The molecule has 1 aliphatic heterocycles. The van der Waals surface area contributed by atoms with Crippen molar-refractivity contribution in [3.05, 3.63) is 41.0 Å². The number of phenols is 4. The molecule has 1 radical (unpaired) electrons. The number of rotatable bonds is 0. The van der Waals surface area contributed by atoms with Gasteiger partial charge in [0.15, 0.2) is 23.0 Å². The van der Waals surface area contributed by atoms with Gasteiger partial charge in [0.2, 0.25) is 5.75 Å². The maximum Gasteiger partial charge on any atom is 0.200 e. The minimum atomic E-state index is -1.22. The van der Waals surface area contributed by atoms with Gasteiger partial charge in [-0.2, -0.15) is 0 Å². The van der Waals surface area contributed by atoms with E-state index in [1.807, 2.05) is 0 Å². The van der Waals surface area contributed by atoms with Gasteiger partial charge in [0.05, 0.1) is 0 Å². The smallest absolute Gasteiger partial charge is 0.200 e. The third-order valence-electron chi connectivity index (χ3n) is 4.50. The average Bonchev–Trinajstić information content (AvgIpc) is 2.75. The molecule has 0 unspecified atom stereocenters. The van der Waals surface area contributed by atoms with Gasteiger partial charge in [-0.25, -0.2) is 0 Å². The fourth-order valence-electron chi connectivity index (χ4n) is 3.52. The van der Waals surface area contributed by atoms with E-state index >= 15 is 0 Å². The topological polar surface area (TPSA) is 110 Å². The Morgan fingerprint density at radius 1 is 0.957 bits per heavy atom. The van der Waals surface area contributed by atoms with Gasteiger partial charge in [-0.15, -0.1) is 0 Å². The third kappa shape index (κ3) is 2.06. The van der Waals surface area contributed by atoms with Crippen molar-refractivity contribution in [2.45, 2.75) is 17.9 Å². The maximum atomic E-state index is 10.9. The first-order valence-corrected chi connectivity index (χ1v) is 6.85. The quantitative estimate of drug-likeness (QED) is 0.457. The van der Waals surface area contributed by atoms with Crippen LogP contribution >= 0.6 is 0 Å². The molecule has 0 aromatic heterocycles. The minimum Gasteiger partial charge on any atom is -0.504 e. The number of hydrogen-bond acceptors (Lipinski definition) is 6. The second-order valence-electron chi connectivity index (χ2n) is 5.89. The van der Waals surface area contributed by atoms with Gasteiger partial charge < -0.3 is 30.3 Å². The molecule has 2 aliphatic rings. The number of fused-ring (bicyclic) bond motifs is 5. The summed E-state index contributed by atoms with van der Waals surface area (Å²) in [5.41, 5.74) is 0.700. The molecule has 2 aromatic carbocycles. The number of benzene rings is 2. The predicted octanol–water partition coefficient (Wildman–Crippen LogP) is 1.32. The van der Waals surface area contributed by atoms with Crippen molar-refractivity contribution in [2.24, 2.45) is 0 Å². The number of aliphatic hydroxyl groups is 1. The largest absolute Gasteiger partial charge is 0.504 e. The molecule has 6 nitrogen and oxygen atoms in total. The van der Waals surface area contributed by atoms with Crippen molar-refractivity contribution >= 4 is 0 Å². The third-order valence-corrected chi connectivity index (χ3v) is 4.50. The van der Waals surface area contributed by atoms with E-state index in [4.69, 9.17) is 4.74 Å². The summed E-state index contributed by atoms with van der Waals surface area (Å²) in [6, 6.07) is 5.77. The number of hydrogen-bond donors (Lipinski definition) is 5. The van der Waals surface area contributed by atoms with Crippen LogP contribution < -0.4 is 4.74 Å². The molecular weight excluding hydrogens is 339 g/mol. The van der Waals surface area contributed by atoms with E-state index in [0.717, 1.165) is 0 Å². The van der Waals surface area contributed by atoms with Crippen LogP contribution in [0.5, 0.6) is 28.7 Å². The van der Waals surface area contributed by atoms with Crippen LogP contribution in [0.15, 0.2) is 24.3 Å². The van der Waals surface area contributed by atoms with E-state index in [-0.39, 0.29) is 60.3 Å². The molecule has 0 saturated heterocycles. The summed E-state index contributed by atoms with van der Waals surface area (Å²) in [5, 5.41) is 49.8. The van der Waals surface area contributed by atoms with Crippen LogP contribution in [0.3, 0.4) is 0 Å². The molecule has 0 fully saturated rings. The Bertz CT molecular complexity index is 806. The Balaban J connectivity index is 0.00000156.